The summed E-state index contributed by atoms with van der Waals surface area (Å²) in [6.07, 6.45) is -3.37. The average molecular weight is 262 g/mol. The van der Waals surface area contributed by atoms with E-state index in [-0.39, 0.29) is 0 Å². The van der Waals surface area contributed by atoms with E-state index in [0.29, 0.717) is 31.4 Å². The van der Waals surface area contributed by atoms with Crippen LogP contribution in [0.15, 0.2) is 0 Å². The second-order valence-corrected chi connectivity index (χ2v) is 5.05. The molecule has 1 aromatic heterocycles. The van der Waals surface area contributed by atoms with Crippen molar-refractivity contribution in [2.45, 2.75) is 39.5 Å². The van der Waals surface area contributed by atoms with E-state index in [2.05, 4.69) is 28.9 Å². The van der Waals surface area contributed by atoms with Crippen LogP contribution in [0.5, 0.6) is 0 Å². The summed E-state index contributed by atoms with van der Waals surface area (Å²) in [4.78, 5) is 2.13. The van der Waals surface area contributed by atoms with Crippen LogP contribution in [0.1, 0.15) is 31.9 Å². The monoisotopic (exact) mass is 262 g/mol. The van der Waals surface area contributed by atoms with E-state index in [1.54, 1.807) is 0 Å². The number of rotatable bonds is 3. The van der Waals surface area contributed by atoms with E-state index >= 15 is 0 Å². The van der Waals surface area contributed by atoms with Gasteiger partial charge in [-0.05, 0) is 18.9 Å². The highest BCUT2D eigenvalue weighted by molar-refractivity contribution is 5.02. The molecule has 2 rings (SSSR count). The first-order valence-corrected chi connectivity index (χ1v) is 6.09. The predicted octanol–water partition coefficient (Wildman–Crippen LogP) is 2.16. The Bertz CT molecular complexity index is 411. The Hall–Kier alpha value is -1.11. The summed E-state index contributed by atoms with van der Waals surface area (Å²) >= 11 is 0. The van der Waals surface area contributed by atoms with Gasteiger partial charge in [-0.1, -0.05) is 13.8 Å². The summed E-state index contributed by atoms with van der Waals surface area (Å²) in [5.74, 6) is 0.133. The molecule has 0 unspecified atom stereocenters. The normalized spacial score (nSPS) is 17.2. The summed E-state index contributed by atoms with van der Waals surface area (Å²) in [7, 11) is 0. The van der Waals surface area contributed by atoms with Crippen LogP contribution in [0.25, 0.3) is 0 Å². The third-order valence-electron chi connectivity index (χ3n) is 3.11. The Morgan fingerprint density at radius 2 is 1.94 bits per heavy atom. The van der Waals surface area contributed by atoms with Gasteiger partial charge in [-0.15, -0.1) is 10.2 Å². The van der Waals surface area contributed by atoms with Crippen molar-refractivity contribution in [2.75, 3.05) is 13.1 Å². The second kappa shape index (κ2) is 4.87. The van der Waals surface area contributed by atoms with Crippen molar-refractivity contribution in [3.05, 3.63) is 11.6 Å². The van der Waals surface area contributed by atoms with Crippen LogP contribution in [-0.2, 0) is 19.3 Å². The molecule has 102 valence electrons. The smallest absolute Gasteiger partial charge is 0.305 e. The molecule has 0 atom stereocenters. The molecule has 0 bridgehead atoms. The van der Waals surface area contributed by atoms with Gasteiger partial charge in [0.15, 0.2) is 0 Å². The van der Waals surface area contributed by atoms with Gasteiger partial charge in [-0.3, -0.25) is 4.90 Å². The van der Waals surface area contributed by atoms with Gasteiger partial charge in [0.1, 0.15) is 5.82 Å². The van der Waals surface area contributed by atoms with E-state index in [9.17, 15) is 13.2 Å². The lowest BCUT2D eigenvalue weighted by Crippen LogP contribution is -2.36. The number of hydrogen-bond donors (Lipinski definition) is 0. The van der Waals surface area contributed by atoms with E-state index in [1.165, 1.54) is 4.57 Å². The maximum absolute atomic E-state index is 12.6. The lowest BCUT2D eigenvalue weighted by atomic mass is 10.1. The zero-order valence-corrected chi connectivity index (χ0v) is 10.5. The van der Waals surface area contributed by atoms with Crippen molar-refractivity contribution >= 4 is 0 Å². The molecule has 0 radical (unpaired) electrons. The molecular weight excluding hydrogens is 245 g/mol. The van der Waals surface area contributed by atoms with Crippen molar-refractivity contribution in [1.82, 2.24) is 19.7 Å². The first-order valence-electron chi connectivity index (χ1n) is 6.09. The molecule has 4 nitrogen and oxygen atoms in total. The van der Waals surface area contributed by atoms with Gasteiger partial charge >= 0.3 is 6.18 Å². The number of nitrogens with zero attached hydrogens (tertiary/aromatic N) is 4. The minimum absolute atomic E-state index is 0.315. The van der Waals surface area contributed by atoms with Crippen molar-refractivity contribution < 1.29 is 13.2 Å². The Morgan fingerprint density at radius 3 is 2.56 bits per heavy atom. The average Bonchev–Trinajstić information content (AvgIpc) is 2.68. The fourth-order valence-corrected chi connectivity index (χ4v) is 2.05. The Morgan fingerprint density at radius 1 is 1.22 bits per heavy atom. The Balaban J connectivity index is 2.05. The summed E-state index contributed by atoms with van der Waals surface area (Å²) in [6, 6.07) is 0. The molecule has 0 saturated heterocycles. The molecule has 2 heterocycles. The Labute approximate surface area is 104 Å². The van der Waals surface area contributed by atoms with Gasteiger partial charge in [0.25, 0.3) is 0 Å². The number of halogens is 3. The van der Waals surface area contributed by atoms with Crippen LogP contribution in [0.3, 0.4) is 0 Å². The summed E-state index contributed by atoms with van der Waals surface area (Å²) in [6.45, 7) is 6.56. The minimum Gasteiger partial charge on any atom is -0.305 e. The molecule has 0 amide bonds. The van der Waals surface area contributed by atoms with E-state index in [0.717, 1.165) is 13.0 Å². The third-order valence-corrected chi connectivity index (χ3v) is 3.11. The molecular formula is C11H17F3N4. The van der Waals surface area contributed by atoms with Crippen molar-refractivity contribution in [3.63, 3.8) is 0 Å². The quantitative estimate of drug-likeness (QED) is 0.837. The topological polar surface area (TPSA) is 34.0 Å². The maximum atomic E-state index is 12.6. The molecule has 0 saturated carbocycles. The highest BCUT2D eigenvalue weighted by atomic mass is 19.4. The summed E-state index contributed by atoms with van der Waals surface area (Å²) in [5, 5.41) is 6.91. The van der Waals surface area contributed by atoms with Gasteiger partial charge in [0.2, 0.25) is 5.82 Å². The first kappa shape index (κ1) is 13.3. The van der Waals surface area contributed by atoms with Crippen LogP contribution >= 0.6 is 0 Å². The van der Waals surface area contributed by atoms with Crippen LogP contribution in [0, 0.1) is 5.92 Å². The van der Waals surface area contributed by atoms with Crippen LogP contribution in [0.2, 0.25) is 0 Å². The molecule has 1 aliphatic rings. The fraction of sp³-hybridized carbons (Fsp3) is 0.818. The fourth-order valence-electron chi connectivity index (χ4n) is 2.05. The molecule has 0 N–H and O–H groups in total. The van der Waals surface area contributed by atoms with Crippen molar-refractivity contribution in [1.29, 1.82) is 0 Å². The molecule has 18 heavy (non-hydrogen) atoms. The molecule has 7 heteroatoms. The number of aromatic nitrogens is 3. The SMILES string of the molecule is CC(C)CCN1CCn2c(nnc2C(F)(F)F)C1. The molecule has 1 aromatic rings. The lowest BCUT2D eigenvalue weighted by Gasteiger charge is -2.28. The number of alkyl halides is 3. The van der Waals surface area contributed by atoms with Gasteiger partial charge < -0.3 is 4.57 Å². The number of hydrogen-bond acceptors (Lipinski definition) is 3. The molecule has 1 aliphatic heterocycles. The zero-order valence-electron chi connectivity index (χ0n) is 10.5. The third kappa shape index (κ3) is 2.82. The largest absolute Gasteiger partial charge is 0.451 e. The zero-order chi connectivity index (χ0) is 13.3. The second-order valence-electron chi connectivity index (χ2n) is 5.05. The highest BCUT2D eigenvalue weighted by Crippen LogP contribution is 2.29. The van der Waals surface area contributed by atoms with E-state index in [1.807, 2.05) is 0 Å². The van der Waals surface area contributed by atoms with Crippen molar-refractivity contribution in [3.8, 4) is 0 Å². The highest BCUT2D eigenvalue weighted by Gasteiger charge is 2.39. The first-order chi connectivity index (χ1) is 8.38. The summed E-state index contributed by atoms with van der Waals surface area (Å²) < 4.78 is 39.1. The molecule has 0 fully saturated rings. The van der Waals surface area contributed by atoms with Gasteiger partial charge in [0, 0.05) is 13.1 Å². The number of fused-ring (bicyclic) bond motifs is 1. The van der Waals surface area contributed by atoms with Crippen molar-refractivity contribution in [2.24, 2.45) is 5.92 Å². The predicted molar refractivity (Wildman–Crippen MR) is 59.8 cm³/mol. The van der Waals surface area contributed by atoms with Crippen LogP contribution < -0.4 is 0 Å². The molecule has 0 spiro atoms. The Kier molecular flexibility index (Phi) is 3.61. The van der Waals surface area contributed by atoms with Crippen LogP contribution in [0.4, 0.5) is 13.2 Å². The minimum atomic E-state index is -4.41. The van der Waals surface area contributed by atoms with Gasteiger partial charge in [0.05, 0.1) is 6.54 Å². The van der Waals surface area contributed by atoms with E-state index < -0.39 is 12.0 Å². The molecule has 0 aliphatic carbocycles. The van der Waals surface area contributed by atoms with E-state index in [4.69, 9.17) is 0 Å². The van der Waals surface area contributed by atoms with Gasteiger partial charge in [-0.25, -0.2) is 0 Å². The molecule has 0 aromatic carbocycles. The summed E-state index contributed by atoms with van der Waals surface area (Å²) in [5.41, 5.74) is 0. The maximum Gasteiger partial charge on any atom is 0.451 e. The lowest BCUT2D eigenvalue weighted by molar-refractivity contribution is -0.148. The van der Waals surface area contributed by atoms with Gasteiger partial charge in [-0.2, -0.15) is 13.2 Å². The standard InChI is InChI=1S/C11H17F3N4/c1-8(2)3-4-17-5-6-18-9(7-17)15-16-10(18)11(12,13)14/h8H,3-7H2,1-2H3. The van der Waals surface area contributed by atoms with Crippen LogP contribution in [-0.4, -0.2) is 32.8 Å².